The van der Waals surface area contributed by atoms with Gasteiger partial charge in [-0.25, -0.2) is 9.18 Å². The minimum Gasteiger partial charge on any atom is -0.508 e. The Labute approximate surface area is 197 Å². The first-order valence-corrected chi connectivity index (χ1v) is 10.9. The van der Waals surface area contributed by atoms with E-state index in [2.05, 4.69) is 5.32 Å². The Morgan fingerprint density at radius 3 is 2.56 bits per heavy atom. The molecule has 3 N–H and O–H groups in total. The molecule has 4 rings (SSSR count). The van der Waals surface area contributed by atoms with Gasteiger partial charge in [-0.15, -0.1) is 0 Å². The number of aromatic hydroxyl groups is 1. The van der Waals surface area contributed by atoms with Crippen molar-refractivity contribution in [3.05, 3.63) is 94.8 Å². The molecule has 1 unspecified atom stereocenters. The lowest BCUT2D eigenvalue weighted by Gasteiger charge is -2.36. The average molecular weight is 464 g/mol. The summed E-state index contributed by atoms with van der Waals surface area (Å²) in [5.74, 6) is -1.69. The second kappa shape index (κ2) is 8.91. The number of benzene rings is 3. The summed E-state index contributed by atoms with van der Waals surface area (Å²) in [4.78, 5) is 25.2. The molecule has 0 aliphatic carbocycles. The van der Waals surface area contributed by atoms with Crippen molar-refractivity contribution in [2.24, 2.45) is 0 Å². The van der Waals surface area contributed by atoms with Crippen LogP contribution in [0.1, 0.15) is 47.3 Å². The third-order valence-electron chi connectivity index (χ3n) is 6.13. The van der Waals surface area contributed by atoms with Gasteiger partial charge in [-0.05, 0) is 53.8 Å². The topological polar surface area (TPSA) is 95.9 Å². The van der Waals surface area contributed by atoms with E-state index < -0.39 is 28.7 Å². The molecule has 6 nitrogen and oxygen atoms in total. The highest BCUT2D eigenvalue weighted by Gasteiger charge is 2.43. The van der Waals surface area contributed by atoms with Crippen molar-refractivity contribution < 1.29 is 28.9 Å². The number of carbonyl (C=O) groups excluding carboxylic acids is 2. The number of amides is 1. The highest BCUT2D eigenvalue weighted by atomic mass is 19.1. The second-order valence-electron chi connectivity index (χ2n) is 9.32. The lowest BCUT2D eigenvalue weighted by atomic mass is 9.72. The van der Waals surface area contributed by atoms with Gasteiger partial charge >= 0.3 is 5.97 Å². The van der Waals surface area contributed by atoms with E-state index in [0.29, 0.717) is 22.4 Å². The molecule has 3 aromatic carbocycles. The fraction of sp³-hybridized carbons (Fsp3) is 0.259. The molecule has 34 heavy (non-hydrogen) atoms. The molecule has 1 atom stereocenters. The van der Waals surface area contributed by atoms with Crippen LogP contribution in [-0.4, -0.2) is 27.7 Å². The SMILES string of the molecule is CC(C)(CC(O)(Cc1ccccc1)C(=O)Nc1ccc2c(c1)COC2=O)c1cc(F)ccc1O. The Bertz CT molecular complexity index is 1240. The molecule has 1 aliphatic heterocycles. The Morgan fingerprint density at radius 1 is 1.09 bits per heavy atom. The normalized spacial score (nSPS) is 14.8. The highest BCUT2D eigenvalue weighted by Crippen LogP contribution is 2.39. The molecule has 7 heteroatoms. The van der Waals surface area contributed by atoms with E-state index in [1.165, 1.54) is 12.1 Å². The smallest absolute Gasteiger partial charge is 0.338 e. The zero-order chi connectivity index (χ0) is 24.5. The zero-order valence-corrected chi connectivity index (χ0v) is 19.0. The molecule has 1 amide bonds. The van der Waals surface area contributed by atoms with E-state index >= 15 is 0 Å². The maximum absolute atomic E-state index is 14.0. The van der Waals surface area contributed by atoms with Crippen LogP contribution in [-0.2, 0) is 28.0 Å². The molecule has 1 heterocycles. The number of phenols is 1. The molecule has 0 fully saturated rings. The van der Waals surface area contributed by atoms with E-state index in [4.69, 9.17) is 4.74 Å². The number of rotatable bonds is 7. The Balaban J connectivity index is 1.66. The molecule has 3 aromatic rings. The zero-order valence-electron chi connectivity index (χ0n) is 19.0. The number of hydrogen-bond acceptors (Lipinski definition) is 5. The molecule has 0 aromatic heterocycles. The third-order valence-corrected chi connectivity index (χ3v) is 6.13. The number of fused-ring (bicyclic) bond motifs is 1. The van der Waals surface area contributed by atoms with Crippen LogP contribution in [0.15, 0.2) is 66.7 Å². The molecule has 1 aliphatic rings. The van der Waals surface area contributed by atoms with E-state index in [9.17, 15) is 24.2 Å². The minimum absolute atomic E-state index is 0.00567. The number of nitrogens with one attached hydrogen (secondary N) is 1. The molecular formula is C27H26FNO5. The number of halogens is 1. The van der Waals surface area contributed by atoms with Gasteiger partial charge in [0.2, 0.25) is 0 Å². The Morgan fingerprint density at radius 2 is 1.82 bits per heavy atom. The lowest BCUT2D eigenvalue weighted by molar-refractivity contribution is -0.136. The number of anilines is 1. The predicted molar refractivity (Wildman–Crippen MR) is 125 cm³/mol. The van der Waals surface area contributed by atoms with E-state index in [1.807, 2.05) is 30.3 Å². The van der Waals surface area contributed by atoms with Crippen molar-refractivity contribution in [1.29, 1.82) is 0 Å². The number of ether oxygens (including phenoxy) is 1. The summed E-state index contributed by atoms with van der Waals surface area (Å²) in [6, 6.07) is 17.5. The maximum atomic E-state index is 14.0. The largest absolute Gasteiger partial charge is 0.508 e. The predicted octanol–water partition coefficient (Wildman–Crippen LogP) is 4.48. The Kier molecular flexibility index (Phi) is 6.15. The number of hydrogen-bond donors (Lipinski definition) is 3. The number of cyclic esters (lactones) is 1. The highest BCUT2D eigenvalue weighted by molar-refractivity contribution is 5.99. The van der Waals surface area contributed by atoms with Gasteiger partial charge < -0.3 is 20.3 Å². The van der Waals surface area contributed by atoms with Crippen molar-refractivity contribution >= 4 is 17.6 Å². The van der Waals surface area contributed by atoms with Crippen LogP contribution < -0.4 is 5.32 Å². The first-order valence-electron chi connectivity index (χ1n) is 10.9. The monoisotopic (exact) mass is 463 g/mol. The molecule has 0 bridgehead atoms. The van der Waals surface area contributed by atoms with Crippen LogP contribution in [0.3, 0.4) is 0 Å². The van der Waals surface area contributed by atoms with Gasteiger partial charge in [-0.3, -0.25) is 4.79 Å². The van der Waals surface area contributed by atoms with Gasteiger partial charge in [0.15, 0.2) is 0 Å². The first kappa shape index (κ1) is 23.4. The molecule has 0 saturated carbocycles. The molecule has 0 radical (unpaired) electrons. The van der Waals surface area contributed by atoms with Gasteiger partial charge in [0.1, 0.15) is 23.8 Å². The van der Waals surface area contributed by atoms with Crippen LogP contribution in [0.5, 0.6) is 5.75 Å². The van der Waals surface area contributed by atoms with E-state index in [-0.39, 0.29) is 25.2 Å². The average Bonchev–Trinajstić information content (AvgIpc) is 3.15. The van der Waals surface area contributed by atoms with Crippen molar-refractivity contribution in [2.45, 2.75) is 44.3 Å². The van der Waals surface area contributed by atoms with Crippen LogP contribution >= 0.6 is 0 Å². The van der Waals surface area contributed by atoms with Crippen LogP contribution in [0.2, 0.25) is 0 Å². The van der Waals surface area contributed by atoms with Crippen molar-refractivity contribution in [3.8, 4) is 5.75 Å². The molecule has 0 spiro atoms. The van der Waals surface area contributed by atoms with Crippen molar-refractivity contribution in [3.63, 3.8) is 0 Å². The summed E-state index contributed by atoms with van der Waals surface area (Å²) >= 11 is 0. The number of phenolic OH excluding ortho intramolecular Hbond substituents is 1. The van der Waals surface area contributed by atoms with Gasteiger partial charge in [0, 0.05) is 23.2 Å². The second-order valence-corrected chi connectivity index (χ2v) is 9.32. The third kappa shape index (κ3) is 4.79. The van der Waals surface area contributed by atoms with Crippen LogP contribution in [0.25, 0.3) is 0 Å². The quantitative estimate of drug-likeness (QED) is 0.449. The van der Waals surface area contributed by atoms with Gasteiger partial charge in [-0.1, -0.05) is 44.2 Å². The fourth-order valence-electron chi connectivity index (χ4n) is 4.49. The minimum atomic E-state index is -1.89. The summed E-state index contributed by atoms with van der Waals surface area (Å²) in [5, 5.41) is 24.8. The number of esters is 1. The summed E-state index contributed by atoms with van der Waals surface area (Å²) in [5.41, 5.74) is -0.299. The summed E-state index contributed by atoms with van der Waals surface area (Å²) in [6.45, 7) is 3.60. The van der Waals surface area contributed by atoms with Crippen molar-refractivity contribution in [2.75, 3.05) is 5.32 Å². The van der Waals surface area contributed by atoms with Crippen molar-refractivity contribution in [1.82, 2.24) is 0 Å². The van der Waals surface area contributed by atoms with Crippen LogP contribution in [0.4, 0.5) is 10.1 Å². The van der Waals surface area contributed by atoms with Crippen LogP contribution in [0, 0.1) is 5.82 Å². The van der Waals surface area contributed by atoms with E-state index in [0.717, 1.165) is 11.6 Å². The number of aliphatic hydroxyl groups is 1. The standard InChI is InChI=1S/C27H26FNO5/c1-26(2,22-13-19(28)8-11-23(22)30)16-27(33,14-17-6-4-3-5-7-17)25(32)29-20-9-10-21-18(12-20)15-34-24(21)31/h3-13,30,33H,14-16H2,1-2H3,(H,29,32). The first-order chi connectivity index (χ1) is 16.1. The summed E-state index contributed by atoms with van der Waals surface area (Å²) in [7, 11) is 0. The van der Waals surface area contributed by atoms with Gasteiger partial charge in [0.05, 0.1) is 5.56 Å². The number of carbonyl (C=O) groups is 2. The molecular weight excluding hydrogens is 437 g/mol. The van der Waals surface area contributed by atoms with Gasteiger partial charge in [-0.2, -0.15) is 0 Å². The summed E-state index contributed by atoms with van der Waals surface area (Å²) < 4.78 is 19.0. The Hall–Kier alpha value is -3.71. The molecule has 176 valence electrons. The maximum Gasteiger partial charge on any atom is 0.338 e. The van der Waals surface area contributed by atoms with Gasteiger partial charge in [0.25, 0.3) is 5.91 Å². The molecule has 0 saturated heterocycles. The summed E-state index contributed by atoms with van der Waals surface area (Å²) in [6.07, 6.45) is -0.0873. The fourth-order valence-corrected chi connectivity index (χ4v) is 4.49. The lowest BCUT2D eigenvalue weighted by Crippen LogP contribution is -2.49. The van der Waals surface area contributed by atoms with E-state index in [1.54, 1.807) is 32.0 Å².